The van der Waals surface area contributed by atoms with E-state index >= 15 is 0 Å². The zero-order valence-electron chi connectivity index (χ0n) is 31.0. The molecular weight excluding hydrogens is 693 g/mol. The van der Waals surface area contributed by atoms with Gasteiger partial charge in [-0.1, -0.05) is 158 Å². The molecule has 0 bridgehead atoms. The third kappa shape index (κ3) is 4.73. The summed E-state index contributed by atoms with van der Waals surface area (Å²) >= 11 is 0. The highest BCUT2D eigenvalue weighted by Gasteiger charge is 2.51. The van der Waals surface area contributed by atoms with Gasteiger partial charge < -0.3 is 4.74 Å². The highest BCUT2D eigenvalue weighted by atomic mass is 16.5. The molecule has 0 radical (unpaired) electrons. The molecule has 3 heteroatoms. The first-order valence-electron chi connectivity index (χ1n) is 19.6. The summed E-state index contributed by atoms with van der Waals surface area (Å²) in [5.74, 6) is 2.46. The first kappa shape index (κ1) is 31.9. The number of ether oxygens (including phenoxy) is 1. The van der Waals surface area contributed by atoms with Crippen LogP contribution in [0.1, 0.15) is 33.4 Å². The predicted molar refractivity (Wildman–Crippen MR) is 231 cm³/mol. The number of para-hydroxylation sites is 1. The number of allylic oxidation sites excluding steroid dienone is 1. The van der Waals surface area contributed by atoms with Gasteiger partial charge in [0.05, 0.1) is 16.8 Å². The van der Waals surface area contributed by atoms with Gasteiger partial charge in [-0.05, 0) is 98.1 Å². The molecule has 3 aliphatic rings. The van der Waals surface area contributed by atoms with E-state index in [2.05, 4.69) is 176 Å². The van der Waals surface area contributed by atoms with Crippen molar-refractivity contribution in [3.05, 3.63) is 221 Å². The molecule has 266 valence electrons. The standard InChI is InChI=1S/C54H34N2O/c1-2-14-35(15-3-1)53-55-48(39-30-37-18-12-16-34-17-13-19-38(31-39)52(34)37)33-49(56-53)43-23-5-4-20-40(43)36-28-29-51-47(32-36)54(46-26-10-11-27-50(46)57-51)44-24-8-6-21-41(44)42-22-7-9-25-45(42)54/h1-16,18-33H,17H2. The molecule has 2 heterocycles. The molecule has 0 N–H and O–H groups in total. The van der Waals surface area contributed by atoms with E-state index in [1.54, 1.807) is 0 Å². The minimum Gasteiger partial charge on any atom is -0.457 e. The minimum atomic E-state index is -0.546. The van der Waals surface area contributed by atoms with Gasteiger partial charge in [-0.25, -0.2) is 9.97 Å². The topological polar surface area (TPSA) is 35.0 Å². The molecule has 0 fully saturated rings. The Morgan fingerprint density at radius 1 is 0.439 bits per heavy atom. The van der Waals surface area contributed by atoms with Crippen LogP contribution in [0.4, 0.5) is 0 Å². The number of hydrogen-bond acceptors (Lipinski definition) is 3. The summed E-state index contributed by atoms with van der Waals surface area (Å²) in [5.41, 5.74) is 16.5. The summed E-state index contributed by atoms with van der Waals surface area (Å²) in [6.45, 7) is 0. The van der Waals surface area contributed by atoms with Crippen molar-refractivity contribution < 1.29 is 4.74 Å². The lowest BCUT2D eigenvalue weighted by Crippen LogP contribution is -2.32. The van der Waals surface area contributed by atoms with E-state index in [0.717, 1.165) is 68.3 Å². The Balaban J connectivity index is 1.08. The lowest BCUT2D eigenvalue weighted by Gasteiger charge is -2.39. The van der Waals surface area contributed by atoms with Gasteiger partial charge >= 0.3 is 0 Å². The van der Waals surface area contributed by atoms with Gasteiger partial charge in [-0.15, -0.1) is 0 Å². The van der Waals surface area contributed by atoms with Gasteiger partial charge in [0, 0.05) is 27.8 Å². The van der Waals surface area contributed by atoms with Crippen molar-refractivity contribution in [1.29, 1.82) is 0 Å². The van der Waals surface area contributed by atoms with Crippen molar-refractivity contribution >= 4 is 16.8 Å². The van der Waals surface area contributed by atoms with Crippen LogP contribution in [0.3, 0.4) is 0 Å². The first-order chi connectivity index (χ1) is 28.2. The van der Waals surface area contributed by atoms with Gasteiger partial charge in [0.2, 0.25) is 0 Å². The smallest absolute Gasteiger partial charge is 0.160 e. The maximum atomic E-state index is 6.76. The summed E-state index contributed by atoms with van der Waals surface area (Å²) in [4.78, 5) is 10.6. The van der Waals surface area contributed by atoms with Gasteiger partial charge in [0.25, 0.3) is 0 Å². The van der Waals surface area contributed by atoms with Crippen LogP contribution in [-0.4, -0.2) is 9.97 Å². The van der Waals surface area contributed by atoms with E-state index in [1.165, 1.54) is 44.2 Å². The summed E-state index contributed by atoms with van der Waals surface area (Å²) in [5, 5.41) is 2.56. The molecule has 0 saturated heterocycles. The van der Waals surface area contributed by atoms with E-state index in [0.29, 0.717) is 5.82 Å². The number of benzene rings is 8. The summed E-state index contributed by atoms with van der Waals surface area (Å²) in [7, 11) is 0. The Hall–Kier alpha value is -7.36. The second kappa shape index (κ2) is 12.3. The molecule has 1 aliphatic heterocycles. The van der Waals surface area contributed by atoms with Gasteiger partial charge in [0.1, 0.15) is 11.5 Å². The second-order valence-electron chi connectivity index (χ2n) is 15.2. The fourth-order valence-corrected chi connectivity index (χ4v) is 9.74. The van der Waals surface area contributed by atoms with Crippen molar-refractivity contribution in [2.24, 2.45) is 0 Å². The van der Waals surface area contributed by atoms with E-state index in [4.69, 9.17) is 14.7 Å². The van der Waals surface area contributed by atoms with Crippen LogP contribution < -0.4 is 4.74 Å². The third-order valence-corrected chi connectivity index (χ3v) is 12.1. The number of fused-ring (bicyclic) bond motifs is 9. The Labute approximate surface area is 331 Å². The van der Waals surface area contributed by atoms with E-state index in [9.17, 15) is 0 Å². The average Bonchev–Trinajstić information content (AvgIpc) is 3.57. The highest BCUT2D eigenvalue weighted by Crippen LogP contribution is 2.62. The normalized spacial score (nSPS) is 13.8. The average molecular weight is 727 g/mol. The van der Waals surface area contributed by atoms with Crippen molar-refractivity contribution in [2.45, 2.75) is 11.8 Å². The molecule has 2 aliphatic carbocycles. The van der Waals surface area contributed by atoms with Crippen molar-refractivity contribution in [2.75, 3.05) is 0 Å². The van der Waals surface area contributed by atoms with E-state index in [-0.39, 0.29) is 0 Å². The van der Waals surface area contributed by atoms with Crippen molar-refractivity contribution in [3.8, 4) is 67.7 Å². The molecule has 0 atom stereocenters. The highest BCUT2D eigenvalue weighted by molar-refractivity contribution is 5.98. The molecule has 0 saturated carbocycles. The van der Waals surface area contributed by atoms with Crippen LogP contribution in [0.2, 0.25) is 0 Å². The maximum absolute atomic E-state index is 6.76. The predicted octanol–water partition coefficient (Wildman–Crippen LogP) is 13.3. The number of hydrogen-bond donors (Lipinski definition) is 0. The van der Waals surface area contributed by atoms with Crippen LogP contribution in [0.15, 0.2) is 188 Å². The van der Waals surface area contributed by atoms with Crippen molar-refractivity contribution in [1.82, 2.24) is 9.97 Å². The molecule has 1 spiro atoms. The Morgan fingerprint density at radius 3 is 1.91 bits per heavy atom. The molecule has 0 unspecified atom stereocenters. The number of rotatable bonds is 4. The van der Waals surface area contributed by atoms with Crippen LogP contribution in [-0.2, 0) is 11.8 Å². The monoisotopic (exact) mass is 726 g/mol. The SMILES string of the molecule is C1=Cc2cc(-c3cc(-c4ccccc4-c4ccc5c(c4)C4(c6ccccc6O5)c5ccccc5-c5ccccc54)nc(-c4ccccc4)n3)cc3cccc(c23)C1. The van der Waals surface area contributed by atoms with Crippen LogP contribution in [0, 0.1) is 0 Å². The molecule has 3 nitrogen and oxygen atoms in total. The van der Waals surface area contributed by atoms with Crippen LogP contribution in [0.5, 0.6) is 11.5 Å². The van der Waals surface area contributed by atoms with Gasteiger partial charge in [-0.2, -0.15) is 0 Å². The zero-order valence-corrected chi connectivity index (χ0v) is 31.0. The fraction of sp³-hybridized carbons (Fsp3) is 0.0370. The maximum Gasteiger partial charge on any atom is 0.160 e. The summed E-state index contributed by atoms with van der Waals surface area (Å²) < 4.78 is 6.76. The van der Waals surface area contributed by atoms with Crippen molar-refractivity contribution in [3.63, 3.8) is 0 Å². The largest absolute Gasteiger partial charge is 0.457 e. The number of aromatic nitrogens is 2. The lowest BCUT2D eigenvalue weighted by atomic mass is 9.65. The Kier molecular flexibility index (Phi) is 6.91. The molecule has 57 heavy (non-hydrogen) atoms. The second-order valence-corrected chi connectivity index (χ2v) is 15.2. The molecule has 12 rings (SSSR count). The summed E-state index contributed by atoms with van der Waals surface area (Å²) in [6.07, 6.45) is 5.46. The molecular formula is C54H34N2O. The number of nitrogens with zero attached hydrogens (tertiary/aromatic N) is 2. The molecule has 1 aromatic heterocycles. The van der Waals surface area contributed by atoms with Crippen LogP contribution in [0.25, 0.3) is 73.0 Å². The zero-order chi connectivity index (χ0) is 37.5. The third-order valence-electron chi connectivity index (χ3n) is 12.1. The van der Waals surface area contributed by atoms with Gasteiger partial charge in [0.15, 0.2) is 5.82 Å². The van der Waals surface area contributed by atoms with E-state index < -0.39 is 5.41 Å². The quantitative estimate of drug-likeness (QED) is 0.181. The van der Waals surface area contributed by atoms with E-state index in [1.807, 2.05) is 18.2 Å². The Bertz CT molecular complexity index is 3100. The summed E-state index contributed by atoms with van der Waals surface area (Å²) in [6, 6.07) is 65.3. The Morgan fingerprint density at radius 2 is 1.11 bits per heavy atom. The van der Waals surface area contributed by atoms with Gasteiger partial charge in [-0.3, -0.25) is 0 Å². The lowest BCUT2D eigenvalue weighted by molar-refractivity contribution is 0.436. The van der Waals surface area contributed by atoms with Crippen LogP contribution >= 0.6 is 0 Å². The molecule has 9 aromatic rings. The fourth-order valence-electron chi connectivity index (χ4n) is 9.74. The molecule has 0 amide bonds. The first-order valence-corrected chi connectivity index (χ1v) is 19.6. The molecule has 8 aromatic carbocycles. The minimum absolute atomic E-state index is 0.546.